The van der Waals surface area contributed by atoms with Crippen LogP contribution >= 0.6 is 0 Å². The summed E-state index contributed by atoms with van der Waals surface area (Å²) >= 11 is 0. The summed E-state index contributed by atoms with van der Waals surface area (Å²) in [6, 6.07) is 16.5. The van der Waals surface area contributed by atoms with E-state index in [1.54, 1.807) is 24.3 Å². The molecule has 0 bridgehead atoms. The first-order valence-electron chi connectivity index (χ1n) is 7.92. The van der Waals surface area contributed by atoms with Gasteiger partial charge in [-0.2, -0.15) is 4.31 Å². The van der Waals surface area contributed by atoms with E-state index in [1.165, 1.54) is 4.31 Å². The van der Waals surface area contributed by atoms with Crippen LogP contribution in [0.5, 0.6) is 0 Å². The minimum absolute atomic E-state index is 0.0235. The van der Waals surface area contributed by atoms with Crippen molar-refractivity contribution in [2.24, 2.45) is 11.1 Å². The molecule has 0 N–H and O–H groups in total. The molecule has 2 unspecified atom stereocenters. The molecule has 0 saturated carbocycles. The summed E-state index contributed by atoms with van der Waals surface area (Å²) in [5.41, 5.74) is 3.00. The average molecular weight is 342 g/mol. The molecule has 2 aliphatic rings. The number of benzene rings is 2. The molecule has 4 rings (SSSR count). The Labute approximate surface area is 141 Å². The lowest BCUT2D eigenvalue weighted by Gasteiger charge is -2.17. The number of nitrogens with zero attached hydrogens (tertiary/aromatic N) is 2. The van der Waals surface area contributed by atoms with E-state index in [2.05, 4.69) is 5.16 Å². The molecule has 6 heteroatoms. The van der Waals surface area contributed by atoms with Gasteiger partial charge in [-0.3, -0.25) is 0 Å². The zero-order chi connectivity index (χ0) is 16.7. The molecule has 2 atom stereocenters. The summed E-state index contributed by atoms with van der Waals surface area (Å²) in [6.07, 6.45) is -0.210. The van der Waals surface area contributed by atoms with Crippen LogP contribution in [0.2, 0.25) is 0 Å². The Bertz CT molecular complexity index is 893. The van der Waals surface area contributed by atoms with Gasteiger partial charge in [0.2, 0.25) is 10.0 Å². The van der Waals surface area contributed by atoms with E-state index in [1.807, 2.05) is 37.3 Å². The third-order valence-electron chi connectivity index (χ3n) is 4.67. The molecule has 2 heterocycles. The maximum absolute atomic E-state index is 12.8. The molecular weight excluding hydrogens is 324 g/mol. The zero-order valence-electron chi connectivity index (χ0n) is 13.3. The molecule has 1 fully saturated rings. The molecular formula is C18H18N2O3S. The van der Waals surface area contributed by atoms with Gasteiger partial charge in [0.05, 0.1) is 23.1 Å². The van der Waals surface area contributed by atoms with Crippen molar-refractivity contribution in [3.8, 4) is 0 Å². The summed E-state index contributed by atoms with van der Waals surface area (Å²) in [4.78, 5) is 5.86. The molecule has 24 heavy (non-hydrogen) atoms. The van der Waals surface area contributed by atoms with Crippen LogP contribution in [-0.4, -0.2) is 37.6 Å². The normalized spacial score (nSPS) is 23.6. The van der Waals surface area contributed by atoms with Crippen molar-refractivity contribution in [2.75, 3.05) is 13.1 Å². The summed E-state index contributed by atoms with van der Waals surface area (Å²) in [6.45, 7) is 2.76. The summed E-state index contributed by atoms with van der Waals surface area (Å²) in [7, 11) is -3.50. The SMILES string of the molecule is Cc1ccccc1C1=NOC2CN(S(=O)(=O)c3ccccc3)CC12. The van der Waals surface area contributed by atoms with E-state index in [-0.39, 0.29) is 12.0 Å². The second-order valence-electron chi connectivity index (χ2n) is 6.18. The van der Waals surface area contributed by atoms with Gasteiger partial charge in [-0.15, -0.1) is 0 Å². The largest absolute Gasteiger partial charge is 0.390 e. The molecule has 0 spiro atoms. The summed E-state index contributed by atoms with van der Waals surface area (Å²) < 4.78 is 27.1. The number of rotatable bonds is 3. The maximum atomic E-state index is 12.8. The van der Waals surface area contributed by atoms with Crippen molar-refractivity contribution < 1.29 is 13.3 Å². The number of hydrogen-bond acceptors (Lipinski definition) is 4. The maximum Gasteiger partial charge on any atom is 0.243 e. The van der Waals surface area contributed by atoms with E-state index in [4.69, 9.17) is 4.84 Å². The molecule has 0 amide bonds. The molecule has 124 valence electrons. The first-order valence-corrected chi connectivity index (χ1v) is 9.36. The Morgan fingerprint density at radius 3 is 2.50 bits per heavy atom. The number of aryl methyl sites for hydroxylation is 1. The van der Waals surface area contributed by atoms with Gasteiger partial charge >= 0.3 is 0 Å². The minimum Gasteiger partial charge on any atom is -0.390 e. The Balaban J connectivity index is 1.62. The van der Waals surface area contributed by atoms with Gasteiger partial charge in [0.1, 0.15) is 0 Å². The molecule has 0 aliphatic carbocycles. The lowest BCUT2D eigenvalue weighted by molar-refractivity contribution is 0.0803. The molecule has 0 aromatic heterocycles. The fourth-order valence-electron chi connectivity index (χ4n) is 3.35. The smallest absolute Gasteiger partial charge is 0.243 e. The first-order chi connectivity index (χ1) is 11.6. The molecule has 2 aliphatic heterocycles. The van der Waals surface area contributed by atoms with Gasteiger partial charge in [-0.1, -0.05) is 47.6 Å². The molecule has 2 aromatic carbocycles. The highest BCUT2D eigenvalue weighted by molar-refractivity contribution is 7.89. The highest BCUT2D eigenvalue weighted by atomic mass is 32.2. The van der Waals surface area contributed by atoms with E-state index in [9.17, 15) is 8.42 Å². The van der Waals surface area contributed by atoms with Gasteiger partial charge in [-0.05, 0) is 24.6 Å². The minimum atomic E-state index is -3.50. The van der Waals surface area contributed by atoms with E-state index >= 15 is 0 Å². The fraction of sp³-hybridized carbons (Fsp3) is 0.278. The molecule has 1 saturated heterocycles. The number of oxime groups is 1. The van der Waals surface area contributed by atoms with Crippen LogP contribution in [0.4, 0.5) is 0 Å². The highest BCUT2D eigenvalue weighted by Gasteiger charge is 2.46. The van der Waals surface area contributed by atoms with Gasteiger partial charge in [0.15, 0.2) is 6.10 Å². The predicted octanol–water partition coefficient (Wildman–Crippen LogP) is 2.42. The summed E-state index contributed by atoms with van der Waals surface area (Å²) in [5, 5.41) is 4.24. The topological polar surface area (TPSA) is 59.0 Å². The van der Waals surface area contributed by atoms with Crippen LogP contribution in [-0.2, 0) is 14.9 Å². The van der Waals surface area contributed by atoms with Crippen LogP contribution in [0.1, 0.15) is 11.1 Å². The standard InChI is InChI=1S/C18H18N2O3S/c1-13-7-5-6-10-15(13)18-16-11-20(12-17(16)23-19-18)24(21,22)14-8-3-2-4-9-14/h2-10,16-17H,11-12H2,1H3. The van der Waals surface area contributed by atoms with Gasteiger partial charge in [0.25, 0.3) is 0 Å². The van der Waals surface area contributed by atoms with Crippen molar-refractivity contribution in [3.05, 3.63) is 65.7 Å². The third kappa shape index (κ3) is 2.42. The Morgan fingerprint density at radius 1 is 1.04 bits per heavy atom. The molecule has 2 aromatic rings. The van der Waals surface area contributed by atoms with Crippen molar-refractivity contribution in [1.82, 2.24) is 4.31 Å². The van der Waals surface area contributed by atoms with E-state index in [0.29, 0.717) is 18.0 Å². The third-order valence-corrected chi connectivity index (χ3v) is 6.52. The Morgan fingerprint density at radius 2 is 1.75 bits per heavy atom. The average Bonchev–Trinajstić information content (AvgIpc) is 3.17. The predicted molar refractivity (Wildman–Crippen MR) is 91.3 cm³/mol. The molecule has 0 radical (unpaired) electrons. The number of hydrogen-bond donors (Lipinski definition) is 0. The number of sulfonamides is 1. The number of fused-ring (bicyclic) bond motifs is 1. The van der Waals surface area contributed by atoms with Crippen molar-refractivity contribution in [3.63, 3.8) is 0 Å². The second-order valence-corrected chi connectivity index (χ2v) is 8.11. The summed E-state index contributed by atoms with van der Waals surface area (Å²) in [5.74, 6) is -0.0235. The van der Waals surface area contributed by atoms with Gasteiger partial charge in [-0.25, -0.2) is 8.42 Å². The first kappa shape index (κ1) is 15.4. The quantitative estimate of drug-likeness (QED) is 0.861. The van der Waals surface area contributed by atoms with Crippen LogP contribution in [0.25, 0.3) is 0 Å². The van der Waals surface area contributed by atoms with Crippen molar-refractivity contribution in [2.45, 2.75) is 17.9 Å². The van der Waals surface area contributed by atoms with Crippen molar-refractivity contribution in [1.29, 1.82) is 0 Å². The van der Waals surface area contributed by atoms with Gasteiger partial charge < -0.3 is 4.84 Å². The Kier molecular flexibility index (Phi) is 3.66. The zero-order valence-corrected chi connectivity index (χ0v) is 14.1. The second kappa shape index (κ2) is 5.72. The van der Waals surface area contributed by atoms with E-state index < -0.39 is 10.0 Å². The highest BCUT2D eigenvalue weighted by Crippen LogP contribution is 2.33. The lowest BCUT2D eigenvalue weighted by Crippen LogP contribution is -2.30. The fourth-order valence-corrected chi connectivity index (χ4v) is 4.85. The van der Waals surface area contributed by atoms with Crippen LogP contribution < -0.4 is 0 Å². The van der Waals surface area contributed by atoms with Crippen LogP contribution in [0.15, 0.2) is 64.6 Å². The van der Waals surface area contributed by atoms with Crippen molar-refractivity contribution >= 4 is 15.7 Å². The van der Waals surface area contributed by atoms with Gasteiger partial charge in [0, 0.05) is 12.1 Å². The monoisotopic (exact) mass is 342 g/mol. The molecule has 5 nitrogen and oxygen atoms in total. The van der Waals surface area contributed by atoms with Crippen LogP contribution in [0, 0.1) is 12.8 Å². The lowest BCUT2D eigenvalue weighted by atomic mass is 9.92. The Hall–Kier alpha value is -2.18. The van der Waals surface area contributed by atoms with E-state index in [0.717, 1.165) is 16.8 Å². The van der Waals surface area contributed by atoms with Crippen LogP contribution in [0.3, 0.4) is 0 Å².